The van der Waals surface area contributed by atoms with Crippen LogP contribution in [0.1, 0.15) is 52.9 Å². The fourth-order valence-electron chi connectivity index (χ4n) is 4.11. The maximum absolute atomic E-state index is 13.0. The van der Waals surface area contributed by atoms with Crippen LogP contribution in [0, 0.1) is 13.8 Å². The molecule has 2 aliphatic heterocycles. The first-order chi connectivity index (χ1) is 12.1. The average Bonchev–Trinajstić information content (AvgIpc) is 3.32. The van der Waals surface area contributed by atoms with Gasteiger partial charge in [-0.2, -0.15) is 5.10 Å². The summed E-state index contributed by atoms with van der Waals surface area (Å²) >= 11 is 0. The van der Waals surface area contributed by atoms with Crippen LogP contribution in [0.4, 0.5) is 0 Å². The highest BCUT2D eigenvalue weighted by atomic mass is 16.3. The molecule has 1 amide bonds. The standard InChI is InChI=1S/C19H26N4O2/c1-14-11-18(15(2)25-14)19(24)22-12-16-5-7-20-23(16)17(13-22)6-10-21-8-3-4-9-21/h5,7,11,17H,3-4,6,8-10,12-13H2,1-2H3. The number of hydrogen-bond donors (Lipinski definition) is 0. The first-order valence-electron chi connectivity index (χ1n) is 9.23. The Morgan fingerprint density at radius 1 is 1.32 bits per heavy atom. The van der Waals surface area contributed by atoms with Crippen molar-refractivity contribution in [1.82, 2.24) is 19.6 Å². The highest BCUT2D eigenvalue weighted by Crippen LogP contribution is 2.26. The average molecular weight is 342 g/mol. The lowest BCUT2D eigenvalue weighted by Crippen LogP contribution is -2.42. The first kappa shape index (κ1) is 16.4. The number of aromatic nitrogens is 2. The van der Waals surface area contributed by atoms with Crippen molar-refractivity contribution in [3.05, 3.63) is 41.1 Å². The van der Waals surface area contributed by atoms with Gasteiger partial charge in [0.05, 0.1) is 23.8 Å². The van der Waals surface area contributed by atoms with Crippen molar-refractivity contribution in [3.63, 3.8) is 0 Å². The molecule has 0 aromatic carbocycles. The molecule has 1 atom stereocenters. The van der Waals surface area contributed by atoms with Crippen molar-refractivity contribution in [2.24, 2.45) is 0 Å². The normalized spacial score (nSPS) is 20.9. The van der Waals surface area contributed by atoms with Gasteiger partial charge < -0.3 is 14.2 Å². The molecule has 2 aliphatic rings. The van der Waals surface area contributed by atoms with Gasteiger partial charge in [-0.15, -0.1) is 0 Å². The maximum Gasteiger partial charge on any atom is 0.257 e. The minimum atomic E-state index is 0.0629. The zero-order valence-corrected chi connectivity index (χ0v) is 15.1. The van der Waals surface area contributed by atoms with Crippen molar-refractivity contribution < 1.29 is 9.21 Å². The van der Waals surface area contributed by atoms with Crippen LogP contribution in [0.5, 0.6) is 0 Å². The lowest BCUT2D eigenvalue weighted by molar-refractivity contribution is 0.0656. The lowest BCUT2D eigenvalue weighted by atomic mass is 10.1. The predicted molar refractivity (Wildman–Crippen MR) is 94.5 cm³/mol. The second kappa shape index (κ2) is 6.67. The van der Waals surface area contributed by atoms with Crippen molar-refractivity contribution in [1.29, 1.82) is 0 Å². The molecule has 6 heteroatoms. The number of aryl methyl sites for hydroxylation is 2. The lowest BCUT2D eigenvalue weighted by Gasteiger charge is -2.34. The molecule has 2 aromatic rings. The summed E-state index contributed by atoms with van der Waals surface area (Å²) in [6.07, 6.45) is 5.49. The van der Waals surface area contributed by atoms with Gasteiger partial charge in [-0.3, -0.25) is 9.48 Å². The van der Waals surface area contributed by atoms with Gasteiger partial charge >= 0.3 is 0 Å². The van der Waals surface area contributed by atoms with E-state index in [9.17, 15) is 4.79 Å². The van der Waals surface area contributed by atoms with Gasteiger partial charge in [-0.25, -0.2) is 0 Å². The molecular weight excluding hydrogens is 316 g/mol. The van der Waals surface area contributed by atoms with Gasteiger partial charge in [-0.05, 0) is 58.3 Å². The monoisotopic (exact) mass is 342 g/mol. The van der Waals surface area contributed by atoms with Crippen LogP contribution in [-0.2, 0) is 6.54 Å². The zero-order valence-electron chi connectivity index (χ0n) is 15.1. The molecule has 134 valence electrons. The van der Waals surface area contributed by atoms with Crippen LogP contribution in [0.2, 0.25) is 0 Å². The van der Waals surface area contributed by atoms with Gasteiger partial charge in [0, 0.05) is 19.3 Å². The Balaban J connectivity index is 1.51. The van der Waals surface area contributed by atoms with E-state index in [0.29, 0.717) is 24.4 Å². The Morgan fingerprint density at radius 2 is 2.12 bits per heavy atom. The van der Waals surface area contributed by atoms with E-state index in [2.05, 4.69) is 14.7 Å². The summed E-state index contributed by atoms with van der Waals surface area (Å²) < 4.78 is 7.67. The van der Waals surface area contributed by atoms with Gasteiger partial charge in [0.25, 0.3) is 5.91 Å². The SMILES string of the molecule is Cc1cc(C(=O)N2Cc3ccnn3C(CCN3CCCC3)C2)c(C)o1. The van der Waals surface area contributed by atoms with E-state index in [0.717, 1.165) is 24.4 Å². The third kappa shape index (κ3) is 3.23. The van der Waals surface area contributed by atoms with Crippen molar-refractivity contribution in [2.75, 3.05) is 26.2 Å². The molecule has 4 rings (SSSR count). The van der Waals surface area contributed by atoms with E-state index in [-0.39, 0.29) is 11.9 Å². The molecule has 0 N–H and O–H groups in total. The predicted octanol–water partition coefficient (Wildman–Crippen LogP) is 2.78. The quantitative estimate of drug-likeness (QED) is 0.857. The summed E-state index contributed by atoms with van der Waals surface area (Å²) in [7, 11) is 0. The molecule has 0 radical (unpaired) electrons. The summed E-state index contributed by atoms with van der Waals surface area (Å²) in [5.41, 5.74) is 1.80. The smallest absolute Gasteiger partial charge is 0.257 e. The summed E-state index contributed by atoms with van der Waals surface area (Å²) in [4.78, 5) is 17.5. The fraction of sp³-hybridized carbons (Fsp3) is 0.579. The largest absolute Gasteiger partial charge is 0.466 e. The van der Waals surface area contributed by atoms with Crippen LogP contribution in [0.15, 0.2) is 22.7 Å². The molecular formula is C19H26N4O2. The number of nitrogens with zero attached hydrogens (tertiary/aromatic N) is 4. The Bertz CT molecular complexity index is 757. The third-order valence-corrected chi connectivity index (χ3v) is 5.42. The Labute approximate surface area is 148 Å². The minimum absolute atomic E-state index is 0.0629. The zero-order chi connectivity index (χ0) is 17.4. The fourth-order valence-corrected chi connectivity index (χ4v) is 4.11. The molecule has 0 spiro atoms. The molecule has 0 saturated carbocycles. The summed E-state index contributed by atoms with van der Waals surface area (Å²) in [6.45, 7) is 8.56. The minimum Gasteiger partial charge on any atom is -0.466 e. The van der Waals surface area contributed by atoms with Crippen molar-refractivity contribution >= 4 is 5.91 Å². The van der Waals surface area contributed by atoms with Crippen molar-refractivity contribution in [2.45, 2.75) is 45.7 Å². The second-order valence-electron chi connectivity index (χ2n) is 7.27. The molecule has 1 saturated heterocycles. The molecule has 2 aromatic heterocycles. The third-order valence-electron chi connectivity index (χ3n) is 5.42. The van der Waals surface area contributed by atoms with Crippen LogP contribution >= 0.6 is 0 Å². The van der Waals surface area contributed by atoms with Gasteiger partial charge in [-0.1, -0.05) is 0 Å². The number of likely N-dealkylation sites (tertiary alicyclic amines) is 1. The van der Waals surface area contributed by atoms with Crippen LogP contribution in [0.3, 0.4) is 0 Å². The number of fused-ring (bicyclic) bond motifs is 1. The molecule has 0 aliphatic carbocycles. The summed E-state index contributed by atoms with van der Waals surface area (Å²) in [5.74, 6) is 1.55. The molecule has 4 heterocycles. The number of amides is 1. The Hall–Kier alpha value is -2.08. The van der Waals surface area contributed by atoms with E-state index in [1.165, 1.54) is 25.9 Å². The molecule has 1 fully saturated rings. The molecule has 25 heavy (non-hydrogen) atoms. The van der Waals surface area contributed by atoms with Gasteiger partial charge in [0.1, 0.15) is 11.5 Å². The second-order valence-corrected chi connectivity index (χ2v) is 7.27. The number of furan rings is 1. The first-order valence-corrected chi connectivity index (χ1v) is 9.23. The van der Waals surface area contributed by atoms with Crippen LogP contribution in [0.25, 0.3) is 0 Å². The van der Waals surface area contributed by atoms with Gasteiger partial charge in [0.15, 0.2) is 0 Å². The Morgan fingerprint density at radius 3 is 2.84 bits per heavy atom. The summed E-state index contributed by atoms with van der Waals surface area (Å²) in [6, 6.07) is 4.12. The molecule has 0 bridgehead atoms. The maximum atomic E-state index is 13.0. The topological polar surface area (TPSA) is 54.5 Å². The number of rotatable bonds is 4. The number of hydrogen-bond acceptors (Lipinski definition) is 4. The van der Waals surface area contributed by atoms with Crippen LogP contribution in [-0.4, -0.2) is 51.7 Å². The highest BCUT2D eigenvalue weighted by Gasteiger charge is 2.30. The van der Waals surface area contributed by atoms with Crippen molar-refractivity contribution in [3.8, 4) is 0 Å². The number of carbonyl (C=O) groups excluding carboxylic acids is 1. The number of carbonyl (C=O) groups is 1. The van der Waals surface area contributed by atoms with E-state index < -0.39 is 0 Å². The van der Waals surface area contributed by atoms with Crippen LogP contribution < -0.4 is 0 Å². The van der Waals surface area contributed by atoms with E-state index >= 15 is 0 Å². The summed E-state index contributed by atoms with van der Waals surface area (Å²) in [5, 5.41) is 4.51. The highest BCUT2D eigenvalue weighted by molar-refractivity contribution is 5.95. The van der Waals surface area contributed by atoms with E-state index in [1.54, 1.807) is 0 Å². The van der Waals surface area contributed by atoms with E-state index in [1.807, 2.05) is 37.1 Å². The van der Waals surface area contributed by atoms with E-state index in [4.69, 9.17) is 4.42 Å². The molecule has 1 unspecified atom stereocenters. The molecule has 6 nitrogen and oxygen atoms in total. The van der Waals surface area contributed by atoms with Gasteiger partial charge in [0.2, 0.25) is 0 Å². The Kier molecular flexibility index (Phi) is 4.37.